The molecule has 6 heteroatoms. The van der Waals surface area contributed by atoms with Crippen molar-refractivity contribution in [3.8, 4) is 0 Å². The van der Waals surface area contributed by atoms with Crippen molar-refractivity contribution in [2.24, 2.45) is 11.8 Å². The summed E-state index contributed by atoms with van der Waals surface area (Å²) in [7, 11) is 0. The molecule has 1 fully saturated rings. The Balaban J connectivity index is 1.77. The van der Waals surface area contributed by atoms with Crippen molar-refractivity contribution in [2.75, 3.05) is 36.9 Å². The number of nitrogen functional groups attached to an aromatic ring is 1. The Hall–Kier alpha value is -1.40. The predicted octanol–water partition coefficient (Wildman–Crippen LogP) is 0.906. The fourth-order valence-corrected chi connectivity index (χ4v) is 2.28. The molecule has 1 aromatic rings. The van der Waals surface area contributed by atoms with Crippen LogP contribution in [0.2, 0.25) is 0 Å². The van der Waals surface area contributed by atoms with E-state index in [1.54, 1.807) is 6.20 Å². The van der Waals surface area contributed by atoms with E-state index in [4.69, 9.17) is 5.84 Å². The number of aromatic nitrogens is 2. The largest absolute Gasteiger partial charge is 0.370 e. The molecule has 6 nitrogen and oxygen atoms in total. The summed E-state index contributed by atoms with van der Waals surface area (Å²) >= 11 is 0. The van der Waals surface area contributed by atoms with Crippen LogP contribution in [0.4, 0.5) is 11.8 Å². The van der Waals surface area contributed by atoms with Gasteiger partial charge < -0.3 is 10.2 Å². The molecule has 1 saturated heterocycles. The van der Waals surface area contributed by atoms with Gasteiger partial charge in [-0.2, -0.15) is 4.98 Å². The third kappa shape index (κ3) is 3.54. The third-order valence-corrected chi connectivity index (χ3v) is 3.51. The number of likely N-dealkylation sites (tertiary alicyclic amines) is 1. The van der Waals surface area contributed by atoms with Crippen molar-refractivity contribution in [3.05, 3.63) is 12.3 Å². The summed E-state index contributed by atoms with van der Waals surface area (Å²) in [6, 6.07) is 1.86. The van der Waals surface area contributed by atoms with Gasteiger partial charge >= 0.3 is 0 Å². The van der Waals surface area contributed by atoms with Crippen LogP contribution in [-0.4, -0.2) is 41.0 Å². The Kier molecular flexibility index (Phi) is 4.72. The molecule has 0 radical (unpaired) electrons. The van der Waals surface area contributed by atoms with E-state index in [0.29, 0.717) is 5.95 Å². The van der Waals surface area contributed by atoms with Crippen LogP contribution in [0.1, 0.15) is 19.8 Å². The summed E-state index contributed by atoms with van der Waals surface area (Å²) in [5, 5.41) is 3.36. The Labute approximate surface area is 108 Å². The Morgan fingerprint density at radius 2 is 2.22 bits per heavy atom. The SMILES string of the molecule is CCN1CCC(CNc2ccnc(NN)n2)CC1. The first-order valence-corrected chi connectivity index (χ1v) is 6.57. The Bertz CT molecular complexity index is 361. The molecule has 0 spiro atoms. The fourth-order valence-electron chi connectivity index (χ4n) is 2.28. The summed E-state index contributed by atoms with van der Waals surface area (Å²) < 4.78 is 0. The van der Waals surface area contributed by atoms with E-state index in [2.05, 4.69) is 32.5 Å². The molecule has 0 amide bonds. The van der Waals surface area contributed by atoms with E-state index in [9.17, 15) is 0 Å². The van der Waals surface area contributed by atoms with Crippen molar-refractivity contribution in [1.29, 1.82) is 0 Å². The zero-order valence-electron chi connectivity index (χ0n) is 10.9. The maximum atomic E-state index is 5.28. The summed E-state index contributed by atoms with van der Waals surface area (Å²) in [5.41, 5.74) is 2.45. The molecule has 1 aromatic heterocycles. The number of nitrogens with two attached hydrogens (primary N) is 1. The van der Waals surface area contributed by atoms with Crippen molar-refractivity contribution in [1.82, 2.24) is 14.9 Å². The van der Waals surface area contributed by atoms with Gasteiger partial charge in [0.25, 0.3) is 0 Å². The molecular weight excluding hydrogens is 228 g/mol. The van der Waals surface area contributed by atoms with E-state index >= 15 is 0 Å². The van der Waals surface area contributed by atoms with Gasteiger partial charge in [-0.3, -0.25) is 5.43 Å². The molecule has 2 heterocycles. The lowest BCUT2D eigenvalue weighted by atomic mass is 9.97. The van der Waals surface area contributed by atoms with Gasteiger partial charge in [0.1, 0.15) is 5.82 Å². The van der Waals surface area contributed by atoms with Crippen molar-refractivity contribution in [3.63, 3.8) is 0 Å². The molecule has 0 aliphatic carbocycles. The molecule has 4 N–H and O–H groups in total. The highest BCUT2D eigenvalue weighted by molar-refractivity contribution is 5.38. The van der Waals surface area contributed by atoms with Gasteiger partial charge in [0.2, 0.25) is 5.95 Å². The molecule has 100 valence electrons. The van der Waals surface area contributed by atoms with Crippen LogP contribution < -0.4 is 16.6 Å². The average Bonchev–Trinajstić information content (AvgIpc) is 2.46. The van der Waals surface area contributed by atoms with E-state index in [1.165, 1.54) is 25.9 Å². The summed E-state index contributed by atoms with van der Waals surface area (Å²) in [6.45, 7) is 6.78. The molecule has 0 unspecified atom stereocenters. The van der Waals surface area contributed by atoms with Gasteiger partial charge in [0.05, 0.1) is 0 Å². The minimum atomic E-state index is 0.445. The average molecular weight is 250 g/mol. The number of nitrogens with zero attached hydrogens (tertiary/aromatic N) is 3. The van der Waals surface area contributed by atoms with Gasteiger partial charge in [0.15, 0.2) is 0 Å². The van der Waals surface area contributed by atoms with Crippen LogP contribution in [0.25, 0.3) is 0 Å². The maximum Gasteiger partial charge on any atom is 0.239 e. The van der Waals surface area contributed by atoms with Gasteiger partial charge in [-0.1, -0.05) is 6.92 Å². The third-order valence-electron chi connectivity index (χ3n) is 3.51. The number of rotatable bonds is 5. The maximum absolute atomic E-state index is 5.28. The highest BCUT2D eigenvalue weighted by atomic mass is 15.3. The molecular formula is C12H22N6. The number of piperidine rings is 1. The highest BCUT2D eigenvalue weighted by Gasteiger charge is 2.17. The molecule has 2 rings (SSSR count). The normalized spacial score (nSPS) is 17.7. The Morgan fingerprint density at radius 3 is 2.89 bits per heavy atom. The quantitative estimate of drug-likeness (QED) is 0.532. The van der Waals surface area contributed by atoms with Crippen molar-refractivity contribution in [2.45, 2.75) is 19.8 Å². The van der Waals surface area contributed by atoms with Crippen LogP contribution in [0.5, 0.6) is 0 Å². The minimum absolute atomic E-state index is 0.445. The van der Waals surface area contributed by atoms with Gasteiger partial charge in [-0.05, 0) is 44.5 Å². The zero-order valence-corrected chi connectivity index (χ0v) is 10.9. The lowest BCUT2D eigenvalue weighted by Gasteiger charge is -2.31. The lowest BCUT2D eigenvalue weighted by Crippen LogP contribution is -2.35. The summed E-state index contributed by atoms with van der Waals surface area (Å²) in [6.07, 6.45) is 4.21. The standard InChI is InChI=1S/C12H22N6/c1-2-18-7-4-10(5-8-18)9-15-11-3-6-14-12(16-11)17-13/h3,6,10H,2,4-5,7-9,13H2,1H3,(H2,14,15,16,17). The molecule has 0 atom stereocenters. The first-order chi connectivity index (χ1) is 8.81. The van der Waals surface area contributed by atoms with Crippen LogP contribution in [-0.2, 0) is 0 Å². The summed E-state index contributed by atoms with van der Waals surface area (Å²) in [5.74, 6) is 7.29. The minimum Gasteiger partial charge on any atom is -0.370 e. The number of hydrazine groups is 1. The van der Waals surface area contributed by atoms with Gasteiger partial charge in [0, 0.05) is 12.7 Å². The van der Waals surface area contributed by atoms with E-state index in [0.717, 1.165) is 24.8 Å². The van der Waals surface area contributed by atoms with Crippen molar-refractivity contribution < 1.29 is 0 Å². The first kappa shape index (κ1) is 13.0. The van der Waals surface area contributed by atoms with Crippen molar-refractivity contribution >= 4 is 11.8 Å². The first-order valence-electron chi connectivity index (χ1n) is 6.57. The summed E-state index contributed by atoms with van der Waals surface area (Å²) in [4.78, 5) is 10.7. The Morgan fingerprint density at radius 1 is 1.44 bits per heavy atom. The number of hydrogen-bond donors (Lipinski definition) is 3. The molecule has 1 aliphatic heterocycles. The van der Waals surface area contributed by atoms with E-state index in [-0.39, 0.29) is 0 Å². The monoisotopic (exact) mass is 250 g/mol. The molecule has 0 aromatic carbocycles. The van der Waals surface area contributed by atoms with Crippen LogP contribution in [0, 0.1) is 5.92 Å². The lowest BCUT2D eigenvalue weighted by molar-refractivity contribution is 0.198. The number of nitrogens with one attached hydrogen (secondary N) is 2. The van der Waals surface area contributed by atoms with E-state index < -0.39 is 0 Å². The van der Waals surface area contributed by atoms with Crippen LogP contribution in [0.3, 0.4) is 0 Å². The number of anilines is 2. The zero-order chi connectivity index (χ0) is 12.8. The predicted molar refractivity (Wildman–Crippen MR) is 73.2 cm³/mol. The molecule has 0 saturated carbocycles. The molecule has 1 aliphatic rings. The second kappa shape index (κ2) is 6.51. The molecule has 0 bridgehead atoms. The smallest absolute Gasteiger partial charge is 0.239 e. The van der Waals surface area contributed by atoms with Crippen LogP contribution in [0.15, 0.2) is 12.3 Å². The fraction of sp³-hybridized carbons (Fsp3) is 0.667. The van der Waals surface area contributed by atoms with Crippen LogP contribution >= 0.6 is 0 Å². The second-order valence-electron chi connectivity index (χ2n) is 4.67. The van der Waals surface area contributed by atoms with Gasteiger partial charge in [-0.15, -0.1) is 0 Å². The number of hydrogen-bond acceptors (Lipinski definition) is 6. The second-order valence-corrected chi connectivity index (χ2v) is 4.67. The molecule has 18 heavy (non-hydrogen) atoms. The topological polar surface area (TPSA) is 79.1 Å². The van der Waals surface area contributed by atoms with Gasteiger partial charge in [-0.25, -0.2) is 10.8 Å². The highest BCUT2D eigenvalue weighted by Crippen LogP contribution is 2.17. The van der Waals surface area contributed by atoms with E-state index in [1.807, 2.05) is 6.07 Å².